The first-order valence-corrected chi connectivity index (χ1v) is 5.60. The van der Waals surface area contributed by atoms with E-state index in [9.17, 15) is 13.2 Å². The normalized spacial score (nSPS) is 11.8. The predicted molar refractivity (Wildman–Crippen MR) is 65.8 cm³/mol. The van der Waals surface area contributed by atoms with Gasteiger partial charge in [0.05, 0.1) is 6.61 Å². The van der Waals surface area contributed by atoms with Gasteiger partial charge in [0, 0.05) is 18.7 Å². The summed E-state index contributed by atoms with van der Waals surface area (Å²) < 4.78 is 39.1. The van der Waals surface area contributed by atoms with Crippen LogP contribution in [0.1, 0.15) is 11.1 Å². The molecule has 0 heterocycles. The van der Waals surface area contributed by atoms with Gasteiger partial charge in [0.15, 0.2) is 0 Å². The fourth-order valence-corrected chi connectivity index (χ4v) is 1.55. The van der Waals surface area contributed by atoms with E-state index in [4.69, 9.17) is 11.1 Å². The molecule has 0 fully saturated rings. The van der Waals surface area contributed by atoms with E-state index in [1.807, 2.05) is 6.07 Å². The van der Waals surface area contributed by atoms with Gasteiger partial charge >= 0.3 is 6.36 Å². The van der Waals surface area contributed by atoms with E-state index < -0.39 is 13.0 Å². The molecule has 106 valence electrons. The van der Waals surface area contributed by atoms with Gasteiger partial charge < -0.3 is 5.73 Å². The third kappa shape index (κ3) is 6.21. The van der Waals surface area contributed by atoms with Crippen molar-refractivity contribution in [3.63, 3.8) is 0 Å². The molecule has 0 spiro atoms. The van der Waals surface area contributed by atoms with Crippen molar-refractivity contribution in [2.75, 3.05) is 20.2 Å². The molecule has 1 aromatic carbocycles. The Morgan fingerprint density at radius 2 is 2.11 bits per heavy atom. The molecule has 19 heavy (non-hydrogen) atoms. The smallest absolute Gasteiger partial charge is 0.384 e. The molecule has 0 amide bonds. The number of hydrogen-bond donors (Lipinski definition) is 2. The van der Waals surface area contributed by atoms with Crippen LogP contribution < -0.4 is 5.73 Å². The zero-order valence-corrected chi connectivity index (χ0v) is 10.5. The van der Waals surface area contributed by atoms with Crippen LogP contribution in [0.25, 0.3) is 0 Å². The fourth-order valence-electron chi connectivity index (χ4n) is 1.55. The number of halogens is 3. The number of alkyl halides is 3. The van der Waals surface area contributed by atoms with Crippen molar-refractivity contribution in [1.29, 1.82) is 5.41 Å². The lowest BCUT2D eigenvalue weighted by Crippen LogP contribution is -2.26. The highest BCUT2D eigenvalue weighted by Crippen LogP contribution is 2.15. The lowest BCUT2D eigenvalue weighted by molar-refractivity contribution is -0.324. The molecule has 0 aliphatic rings. The molecule has 0 radical (unpaired) electrons. The second kappa shape index (κ2) is 6.53. The monoisotopic (exact) mass is 275 g/mol. The Hall–Kier alpha value is -1.60. The van der Waals surface area contributed by atoms with Crippen molar-refractivity contribution in [2.24, 2.45) is 5.73 Å². The van der Waals surface area contributed by atoms with Gasteiger partial charge in [-0.3, -0.25) is 15.0 Å². The average Bonchev–Trinajstić information content (AvgIpc) is 2.27. The minimum absolute atomic E-state index is 0.0371. The van der Waals surface area contributed by atoms with Crippen LogP contribution in [-0.4, -0.2) is 37.3 Å². The molecular formula is C12H16F3N3O. The van der Waals surface area contributed by atoms with E-state index in [0.717, 1.165) is 5.56 Å². The van der Waals surface area contributed by atoms with E-state index in [0.29, 0.717) is 12.1 Å². The first kappa shape index (κ1) is 15.5. The van der Waals surface area contributed by atoms with Crippen LogP contribution in [0.5, 0.6) is 0 Å². The van der Waals surface area contributed by atoms with E-state index in [2.05, 4.69) is 4.74 Å². The molecule has 1 aromatic rings. The molecular weight excluding hydrogens is 259 g/mol. The number of ether oxygens (including phenoxy) is 1. The second-order valence-electron chi connectivity index (χ2n) is 4.15. The molecule has 0 bridgehead atoms. The number of nitrogens with zero attached hydrogens (tertiary/aromatic N) is 1. The summed E-state index contributed by atoms with van der Waals surface area (Å²) in [6, 6.07) is 7.03. The van der Waals surface area contributed by atoms with Crippen molar-refractivity contribution < 1.29 is 17.9 Å². The number of rotatable bonds is 6. The summed E-state index contributed by atoms with van der Waals surface area (Å²) in [7, 11) is 1.69. The van der Waals surface area contributed by atoms with Crippen LogP contribution in [0, 0.1) is 5.41 Å². The number of likely N-dealkylation sites (N-methyl/N-ethyl adjacent to an activating group) is 1. The molecule has 0 aromatic heterocycles. The lowest BCUT2D eigenvalue weighted by Gasteiger charge is -2.17. The van der Waals surface area contributed by atoms with E-state index >= 15 is 0 Å². The minimum Gasteiger partial charge on any atom is -0.384 e. The van der Waals surface area contributed by atoms with Gasteiger partial charge in [-0.15, -0.1) is 13.2 Å². The summed E-state index contributed by atoms with van der Waals surface area (Å²) >= 11 is 0. The fraction of sp³-hybridized carbons (Fsp3) is 0.417. The molecule has 0 aliphatic carbocycles. The van der Waals surface area contributed by atoms with Gasteiger partial charge in [-0.25, -0.2) is 0 Å². The van der Waals surface area contributed by atoms with Gasteiger partial charge in [-0.1, -0.05) is 18.2 Å². The SMILES string of the molecule is CN(CCOC(F)(F)F)Cc1cccc(C(=N)N)c1. The molecule has 0 saturated carbocycles. The maximum atomic E-state index is 11.8. The van der Waals surface area contributed by atoms with Gasteiger partial charge in [0.2, 0.25) is 0 Å². The van der Waals surface area contributed by atoms with Crippen LogP contribution in [0.2, 0.25) is 0 Å². The Kier molecular flexibility index (Phi) is 5.31. The van der Waals surface area contributed by atoms with Gasteiger partial charge in [0.25, 0.3) is 0 Å². The Morgan fingerprint density at radius 3 is 2.68 bits per heavy atom. The summed E-state index contributed by atoms with van der Waals surface area (Å²) in [6.45, 7) is 0.207. The third-order valence-corrected chi connectivity index (χ3v) is 2.43. The third-order valence-electron chi connectivity index (χ3n) is 2.43. The molecule has 0 atom stereocenters. The Balaban J connectivity index is 2.46. The zero-order valence-electron chi connectivity index (χ0n) is 10.5. The van der Waals surface area contributed by atoms with Crippen molar-refractivity contribution in [3.05, 3.63) is 35.4 Å². The maximum absolute atomic E-state index is 11.8. The molecule has 7 heteroatoms. The molecule has 0 aliphatic heterocycles. The van der Waals surface area contributed by atoms with Crippen LogP contribution in [0.4, 0.5) is 13.2 Å². The summed E-state index contributed by atoms with van der Waals surface area (Å²) in [6.07, 6.45) is -4.59. The van der Waals surface area contributed by atoms with Crippen molar-refractivity contribution in [2.45, 2.75) is 12.9 Å². The highest BCUT2D eigenvalue weighted by Gasteiger charge is 2.28. The number of nitrogen functional groups attached to an aromatic ring is 1. The number of hydrogen-bond acceptors (Lipinski definition) is 3. The van der Waals surface area contributed by atoms with Crippen molar-refractivity contribution >= 4 is 5.84 Å². The van der Waals surface area contributed by atoms with Gasteiger partial charge in [0.1, 0.15) is 5.84 Å². The predicted octanol–water partition coefficient (Wildman–Crippen LogP) is 1.94. The van der Waals surface area contributed by atoms with E-state index in [-0.39, 0.29) is 12.4 Å². The molecule has 4 nitrogen and oxygen atoms in total. The maximum Gasteiger partial charge on any atom is 0.522 e. The Labute approximate surface area is 109 Å². The highest BCUT2D eigenvalue weighted by molar-refractivity contribution is 5.95. The molecule has 3 N–H and O–H groups in total. The molecule has 0 unspecified atom stereocenters. The quantitative estimate of drug-likeness (QED) is 0.616. The lowest BCUT2D eigenvalue weighted by atomic mass is 10.1. The number of nitrogens with one attached hydrogen (secondary N) is 1. The Morgan fingerprint density at radius 1 is 1.42 bits per heavy atom. The first-order valence-electron chi connectivity index (χ1n) is 5.60. The summed E-state index contributed by atoms with van der Waals surface area (Å²) in [5.41, 5.74) is 6.84. The largest absolute Gasteiger partial charge is 0.522 e. The van der Waals surface area contributed by atoms with Crippen LogP contribution >= 0.6 is 0 Å². The highest BCUT2D eigenvalue weighted by atomic mass is 19.4. The Bertz CT molecular complexity index is 434. The number of benzene rings is 1. The number of amidine groups is 1. The minimum atomic E-state index is -4.59. The standard InChI is InChI=1S/C12H16F3N3O/c1-18(5-6-19-12(13,14)15)8-9-3-2-4-10(7-9)11(16)17/h2-4,7H,5-6,8H2,1H3,(H3,16,17). The van der Waals surface area contributed by atoms with Crippen LogP contribution in [0.3, 0.4) is 0 Å². The van der Waals surface area contributed by atoms with E-state index in [1.165, 1.54) is 0 Å². The first-order chi connectivity index (χ1) is 8.78. The van der Waals surface area contributed by atoms with Crippen molar-refractivity contribution in [3.8, 4) is 0 Å². The topological polar surface area (TPSA) is 62.3 Å². The molecule has 1 rings (SSSR count). The summed E-state index contributed by atoms with van der Waals surface area (Å²) in [5.74, 6) is -0.0371. The van der Waals surface area contributed by atoms with Gasteiger partial charge in [-0.05, 0) is 18.7 Å². The average molecular weight is 275 g/mol. The zero-order chi connectivity index (χ0) is 14.5. The number of nitrogens with two attached hydrogens (primary N) is 1. The van der Waals surface area contributed by atoms with Crippen LogP contribution in [-0.2, 0) is 11.3 Å². The van der Waals surface area contributed by atoms with Gasteiger partial charge in [-0.2, -0.15) is 0 Å². The second-order valence-corrected chi connectivity index (χ2v) is 4.15. The van der Waals surface area contributed by atoms with Crippen LogP contribution in [0.15, 0.2) is 24.3 Å². The molecule has 0 saturated heterocycles. The van der Waals surface area contributed by atoms with E-state index in [1.54, 1.807) is 30.1 Å². The van der Waals surface area contributed by atoms with Crippen molar-refractivity contribution in [1.82, 2.24) is 4.90 Å². The summed E-state index contributed by atoms with van der Waals surface area (Å²) in [4.78, 5) is 1.70. The summed E-state index contributed by atoms with van der Waals surface area (Å²) in [5, 5.41) is 7.31.